The number of rotatable bonds is 2. The monoisotopic (exact) mass is 337 g/mol. The van der Waals surface area contributed by atoms with Crippen molar-refractivity contribution < 1.29 is 0 Å². The molecular formula is C19H16BrN. The Balaban J connectivity index is 1.89. The van der Waals surface area contributed by atoms with E-state index in [0.717, 1.165) is 22.9 Å². The molecule has 0 spiro atoms. The Morgan fingerprint density at radius 3 is 2.33 bits per heavy atom. The van der Waals surface area contributed by atoms with Gasteiger partial charge >= 0.3 is 0 Å². The Morgan fingerprint density at radius 2 is 1.57 bits per heavy atom. The zero-order chi connectivity index (χ0) is 14.4. The van der Waals surface area contributed by atoms with E-state index < -0.39 is 0 Å². The molecule has 3 aromatic rings. The van der Waals surface area contributed by atoms with Crippen molar-refractivity contribution in [2.45, 2.75) is 18.9 Å². The van der Waals surface area contributed by atoms with Crippen molar-refractivity contribution >= 4 is 26.7 Å². The molecule has 0 aromatic heterocycles. The van der Waals surface area contributed by atoms with Crippen LogP contribution in [0.1, 0.15) is 28.3 Å². The van der Waals surface area contributed by atoms with Crippen molar-refractivity contribution in [2.75, 3.05) is 0 Å². The highest BCUT2D eigenvalue weighted by atomic mass is 79.9. The van der Waals surface area contributed by atoms with Crippen molar-refractivity contribution in [3.8, 4) is 0 Å². The first-order valence-electron chi connectivity index (χ1n) is 7.28. The molecule has 0 bridgehead atoms. The van der Waals surface area contributed by atoms with Crippen LogP contribution in [-0.2, 0) is 12.8 Å². The van der Waals surface area contributed by atoms with Crippen LogP contribution in [0.5, 0.6) is 0 Å². The quantitative estimate of drug-likeness (QED) is 0.717. The van der Waals surface area contributed by atoms with Crippen LogP contribution in [0.2, 0.25) is 0 Å². The predicted octanol–water partition coefficient (Wildman–Crippen LogP) is 4.75. The molecule has 0 heterocycles. The lowest BCUT2D eigenvalue weighted by atomic mass is 9.92. The van der Waals surface area contributed by atoms with Gasteiger partial charge in [0.15, 0.2) is 0 Å². The van der Waals surface area contributed by atoms with Crippen LogP contribution in [0.25, 0.3) is 10.8 Å². The molecule has 1 aliphatic rings. The standard InChI is InChI=1S/C19H16BrN/c20-15-9-6-14(7-10-15)19(21)17-11-8-13-5-4-12-2-1-3-16(17)18(12)13/h1-3,6-11,19H,4-5,21H2. The fraction of sp³-hybridized carbons (Fsp3) is 0.158. The molecule has 0 saturated heterocycles. The Labute approximate surface area is 132 Å². The molecule has 0 fully saturated rings. The maximum Gasteiger partial charge on any atom is 0.0557 e. The average molecular weight is 338 g/mol. The van der Waals surface area contributed by atoms with Gasteiger partial charge in [-0.3, -0.25) is 0 Å². The third-order valence-electron chi connectivity index (χ3n) is 4.47. The van der Waals surface area contributed by atoms with Gasteiger partial charge in [0.05, 0.1) is 6.04 Å². The molecule has 4 rings (SSSR count). The summed E-state index contributed by atoms with van der Waals surface area (Å²) in [4.78, 5) is 0. The predicted molar refractivity (Wildman–Crippen MR) is 91.5 cm³/mol. The first kappa shape index (κ1) is 13.1. The lowest BCUT2D eigenvalue weighted by Crippen LogP contribution is -2.12. The molecule has 0 aliphatic heterocycles. The Morgan fingerprint density at radius 1 is 0.857 bits per heavy atom. The molecule has 3 aromatic carbocycles. The summed E-state index contributed by atoms with van der Waals surface area (Å²) in [5.41, 5.74) is 11.8. The number of benzene rings is 3. The van der Waals surface area contributed by atoms with Gasteiger partial charge in [-0.25, -0.2) is 0 Å². The number of aryl methyl sites for hydroxylation is 2. The molecule has 0 saturated carbocycles. The molecule has 2 N–H and O–H groups in total. The highest BCUT2D eigenvalue weighted by Gasteiger charge is 2.19. The van der Waals surface area contributed by atoms with Gasteiger partial charge < -0.3 is 5.73 Å². The second-order valence-corrected chi connectivity index (χ2v) is 6.60. The average Bonchev–Trinajstić information content (AvgIpc) is 2.93. The van der Waals surface area contributed by atoms with Gasteiger partial charge in [-0.2, -0.15) is 0 Å². The topological polar surface area (TPSA) is 26.0 Å². The fourth-order valence-electron chi connectivity index (χ4n) is 3.39. The Bertz CT molecular complexity index is 811. The van der Waals surface area contributed by atoms with E-state index in [0.29, 0.717) is 0 Å². The van der Waals surface area contributed by atoms with E-state index in [4.69, 9.17) is 5.73 Å². The molecule has 104 valence electrons. The third kappa shape index (κ3) is 2.10. The van der Waals surface area contributed by atoms with Crippen LogP contribution >= 0.6 is 15.9 Å². The van der Waals surface area contributed by atoms with Crippen LogP contribution in [0.15, 0.2) is 59.1 Å². The summed E-state index contributed by atoms with van der Waals surface area (Å²) in [5, 5.41) is 2.75. The molecule has 0 amide bonds. The first-order valence-corrected chi connectivity index (χ1v) is 8.08. The molecular weight excluding hydrogens is 322 g/mol. The smallest absolute Gasteiger partial charge is 0.0557 e. The molecule has 21 heavy (non-hydrogen) atoms. The van der Waals surface area contributed by atoms with Gasteiger partial charge in [-0.05, 0) is 58.0 Å². The molecule has 0 radical (unpaired) electrons. The van der Waals surface area contributed by atoms with Crippen LogP contribution in [0.3, 0.4) is 0 Å². The second kappa shape index (κ2) is 4.97. The Hall–Kier alpha value is -1.64. The normalized spacial score (nSPS) is 14.6. The number of nitrogens with two attached hydrogens (primary N) is 1. The minimum atomic E-state index is -0.0806. The summed E-state index contributed by atoms with van der Waals surface area (Å²) in [6.45, 7) is 0. The molecule has 1 atom stereocenters. The summed E-state index contributed by atoms with van der Waals surface area (Å²) < 4.78 is 1.08. The number of hydrogen-bond donors (Lipinski definition) is 1. The van der Waals surface area contributed by atoms with Crippen molar-refractivity contribution in [1.29, 1.82) is 0 Å². The number of halogens is 1. The highest BCUT2D eigenvalue weighted by molar-refractivity contribution is 9.10. The van der Waals surface area contributed by atoms with Gasteiger partial charge in [0.2, 0.25) is 0 Å². The first-order chi connectivity index (χ1) is 10.2. The minimum Gasteiger partial charge on any atom is -0.320 e. The minimum absolute atomic E-state index is 0.0806. The maximum absolute atomic E-state index is 6.54. The summed E-state index contributed by atoms with van der Waals surface area (Å²) in [7, 11) is 0. The van der Waals surface area contributed by atoms with Gasteiger partial charge in [-0.15, -0.1) is 0 Å². The highest BCUT2D eigenvalue weighted by Crippen LogP contribution is 2.36. The Kier molecular flexibility index (Phi) is 3.09. The summed E-state index contributed by atoms with van der Waals surface area (Å²) in [6.07, 6.45) is 2.31. The van der Waals surface area contributed by atoms with Gasteiger partial charge in [-0.1, -0.05) is 58.4 Å². The fourth-order valence-corrected chi connectivity index (χ4v) is 3.65. The van der Waals surface area contributed by atoms with Crippen molar-refractivity contribution in [3.05, 3.63) is 81.3 Å². The van der Waals surface area contributed by atoms with E-state index in [9.17, 15) is 0 Å². The number of hydrogen-bond acceptors (Lipinski definition) is 1. The molecule has 1 aliphatic carbocycles. The summed E-state index contributed by atoms with van der Waals surface area (Å²) in [5.74, 6) is 0. The van der Waals surface area contributed by atoms with E-state index in [1.807, 2.05) is 0 Å². The van der Waals surface area contributed by atoms with E-state index in [1.165, 1.54) is 27.5 Å². The van der Waals surface area contributed by atoms with Crippen LogP contribution in [-0.4, -0.2) is 0 Å². The van der Waals surface area contributed by atoms with Crippen molar-refractivity contribution in [3.63, 3.8) is 0 Å². The van der Waals surface area contributed by atoms with Crippen molar-refractivity contribution in [2.24, 2.45) is 5.73 Å². The molecule has 1 nitrogen and oxygen atoms in total. The zero-order valence-electron chi connectivity index (χ0n) is 11.6. The van der Waals surface area contributed by atoms with E-state index in [-0.39, 0.29) is 6.04 Å². The molecule has 2 heteroatoms. The van der Waals surface area contributed by atoms with Crippen molar-refractivity contribution in [1.82, 2.24) is 0 Å². The van der Waals surface area contributed by atoms with E-state index >= 15 is 0 Å². The lowest BCUT2D eigenvalue weighted by Gasteiger charge is -2.16. The van der Waals surface area contributed by atoms with Crippen LogP contribution < -0.4 is 5.73 Å². The summed E-state index contributed by atoms with van der Waals surface area (Å²) in [6, 6.07) is 19.3. The summed E-state index contributed by atoms with van der Waals surface area (Å²) >= 11 is 3.48. The SMILES string of the molecule is NC(c1ccc(Br)cc1)c1ccc2c3c(cccc13)CC2. The lowest BCUT2D eigenvalue weighted by molar-refractivity contribution is 0.880. The second-order valence-electron chi connectivity index (χ2n) is 5.68. The van der Waals surface area contributed by atoms with Gasteiger partial charge in [0, 0.05) is 4.47 Å². The largest absolute Gasteiger partial charge is 0.320 e. The molecule has 1 unspecified atom stereocenters. The third-order valence-corrected chi connectivity index (χ3v) is 5.00. The van der Waals surface area contributed by atoms with Crippen LogP contribution in [0.4, 0.5) is 0 Å². The van der Waals surface area contributed by atoms with E-state index in [2.05, 4.69) is 70.5 Å². The zero-order valence-corrected chi connectivity index (χ0v) is 13.2. The van der Waals surface area contributed by atoms with E-state index in [1.54, 1.807) is 0 Å². The van der Waals surface area contributed by atoms with Gasteiger partial charge in [0.1, 0.15) is 0 Å². The maximum atomic E-state index is 6.54. The van der Waals surface area contributed by atoms with Crippen LogP contribution in [0, 0.1) is 0 Å². The van der Waals surface area contributed by atoms with Gasteiger partial charge in [0.25, 0.3) is 0 Å².